The molecule has 0 aliphatic carbocycles. The van der Waals surface area contributed by atoms with Crippen molar-refractivity contribution >= 4 is 29.0 Å². The number of ketones is 1. The molecular weight excluding hydrogens is 318 g/mol. The van der Waals surface area contributed by atoms with Crippen LogP contribution in [0.3, 0.4) is 0 Å². The summed E-state index contributed by atoms with van der Waals surface area (Å²) < 4.78 is 0. The van der Waals surface area contributed by atoms with Crippen LogP contribution < -0.4 is 0 Å². The molecule has 0 unspecified atom stereocenters. The Morgan fingerprint density at radius 2 is 2.26 bits per heavy atom. The van der Waals surface area contributed by atoms with Crippen LogP contribution in [0.1, 0.15) is 33.5 Å². The van der Waals surface area contributed by atoms with E-state index in [1.807, 2.05) is 0 Å². The molecule has 0 saturated heterocycles. The maximum atomic E-state index is 12.5. The van der Waals surface area contributed by atoms with E-state index in [0.717, 1.165) is 11.3 Å². The van der Waals surface area contributed by atoms with Crippen molar-refractivity contribution in [1.29, 1.82) is 0 Å². The normalized spacial score (nSPS) is 16.9. The molecule has 1 aliphatic heterocycles. The van der Waals surface area contributed by atoms with Crippen LogP contribution in [0.4, 0.5) is 0 Å². The van der Waals surface area contributed by atoms with Gasteiger partial charge in [-0.1, -0.05) is 0 Å². The number of amides is 1. The number of aliphatic carboxylic acids is 1. The highest BCUT2D eigenvalue weighted by Gasteiger charge is 2.35. The minimum absolute atomic E-state index is 0.0443. The van der Waals surface area contributed by atoms with Crippen molar-refractivity contribution in [3.63, 3.8) is 0 Å². The molecule has 0 radical (unpaired) electrons. The summed E-state index contributed by atoms with van der Waals surface area (Å²) in [4.78, 5) is 44.3. The van der Waals surface area contributed by atoms with Crippen molar-refractivity contribution in [2.75, 3.05) is 0 Å². The molecule has 0 aromatic carbocycles. The van der Waals surface area contributed by atoms with Crippen LogP contribution in [-0.2, 0) is 29.0 Å². The fraction of sp³-hybridized carbons (Fsp3) is 0.333. The molecular formula is C15H15N3O4S. The number of fused-ring (bicyclic) bond motifs is 1. The highest BCUT2D eigenvalue weighted by atomic mass is 32.1. The van der Waals surface area contributed by atoms with Gasteiger partial charge >= 0.3 is 5.97 Å². The average molecular weight is 333 g/mol. The Balaban J connectivity index is 1.79. The van der Waals surface area contributed by atoms with Crippen molar-refractivity contribution in [1.82, 2.24) is 14.9 Å². The fourth-order valence-electron chi connectivity index (χ4n) is 2.65. The molecule has 3 heterocycles. The number of aromatic amines is 1. The van der Waals surface area contributed by atoms with Crippen molar-refractivity contribution in [2.24, 2.45) is 0 Å². The summed E-state index contributed by atoms with van der Waals surface area (Å²) in [7, 11) is 0. The Bertz CT molecular complexity index is 779. The van der Waals surface area contributed by atoms with Gasteiger partial charge in [-0.25, -0.2) is 9.78 Å². The molecule has 7 nitrogen and oxygen atoms in total. The van der Waals surface area contributed by atoms with Gasteiger partial charge in [-0.3, -0.25) is 9.59 Å². The summed E-state index contributed by atoms with van der Waals surface area (Å²) in [6.07, 6.45) is 1.79. The van der Waals surface area contributed by atoms with Crippen LogP contribution in [0.5, 0.6) is 0 Å². The number of thiophene rings is 1. The standard InChI is InChI=1S/C15H15N3O4S/c1-8(19)13-2-9(6-23-13)3-14(20)18-5-11-10(16-7-17-11)4-12(18)15(21)22/h2,6-7,12H,3-5H2,1H3,(H,16,17)(H,21,22)/t12-/m0/s1. The van der Waals surface area contributed by atoms with Gasteiger partial charge in [0.15, 0.2) is 5.78 Å². The second-order valence-electron chi connectivity index (χ2n) is 5.46. The Labute approximate surface area is 136 Å². The van der Waals surface area contributed by atoms with Gasteiger partial charge in [0.05, 0.1) is 35.6 Å². The Morgan fingerprint density at radius 1 is 1.48 bits per heavy atom. The fourth-order valence-corrected chi connectivity index (χ4v) is 3.46. The first kappa shape index (κ1) is 15.4. The Hall–Kier alpha value is -2.48. The van der Waals surface area contributed by atoms with Gasteiger partial charge in [0.1, 0.15) is 6.04 Å². The van der Waals surface area contributed by atoms with Gasteiger partial charge in [0, 0.05) is 6.42 Å². The summed E-state index contributed by atoms with van der Waals surface area (Å²) in [5, 5.41) is 11.1. The number of H-pyrrole nitrogens is 1. The summed E-state index contributed by atoms with van der Waals surface area (Å²) in [6.45, 7) is 1.68. The minimum atomic E-state index is -1.04. The summed E-state index contributed by atoms with van der Waals surface area (Å²) in [5.41, 5.74) is 2.19. The molecule has 8 heteroatoms. The molecule has 2 aromatic rings. The van der Waals surface area contributed by atoms with Crippen molar-refractivity contribution in [3.8, 4) is 0 Å². The topological polar surface area (TPSA) is 103 Å². The van der Waals surface area contributed by atoms with E-state index in [2.05, 4.69) is 9.97 Å². The van der Waals surface area contributed by atoms with Crippen LogP contribution in [0.25, 0.3) is 0 Å². The number of carbonyl (C=O) groups is 3. The lowest BCUT2D eigenvalue weighted by Crippen LogP contribution is -2.49. The predicted octanol–water partition coefficient (Wildman–Crippen LogP) is 1.25. The Morgan fingerprint density at radius 3 is 2.91 bits per heavy atom. The molecule has 120 valence electrons. The quantitative estimate of drug-likeness (QED) is 0.820. The average Bonchev–Trinajstić information content (AvgIpc) is 3.13. The van der Waals surface area contributed by atoms with Gasteiger partial charge in [0.25, 0.3) is 0 Å². The number of hydrogen-bond acceptors (Lipinski definition) is 5. The van der Waals surface area contributed by atoms with Crippen molar-refractivity contribution < 1.29 is 19.5 Å². The van der Waals surface area contributed by atoms with E-state index in [0.29, 0.717) is 10.6 Å². The first-order valence-electron chi connectivity index (χ1n) is 7.07. The zero-order chi connectivity index (χ0) is 16.6. The number of carbonyl (C=O) groups excluding carboxylic acids is 2. The lowest BCUT2D eigenvalue weighted by Gasteiger charge is -2.32. The van der Waals surface area contributed by atoms with Crippen LogP contribution in [0.15, 0.2) is 17.8 Å². The van der Waals surface area contributed by atoms with Crippen LogP contribution in [-0.4, -0.2) is 43.7 Å². The van der Waals surface area contributed by atoms with E-state index in [-0.39, 0.29) is 31.1 Å². The number of nitrogens with one attached hydrogen (secondary N) is 1. The molecule has 2 aromatic heterocycles. The largest absolute Gasteiger partial charge is 0.480 e. The molecule has 1 amide bonds. The molecule has 0 fully saturated rings. The van der Waals surface area contributed by atoms with Gasteiger partial charge < -0.3 is 15.0 Å². The van der Waals surface area contributed by atoms with E-state index < -0.39 is 12.0 Å². The molecule has 0 saturated carbocycles. The molecule has 3 rings (SSSR count). The minimum Gasteiger partial charge on any atom is -0.480 e. The number of carboxylic acid groups (broad SMARTS) is 1. The summed E-state index contributed by atoms with van der Waals surface area (Å²) in [5.74, 6) is -1.36. The Kier molecular flexibility index (Phi) is 3.99. The van der Waals surface area contributed by atoms with E-state index >= 15 is 0 Å². The zero-order valence-corrected chi connectivity index (χ0v) is 13.2. The van der Waals surface area contributed by atoms with Crippen LogP contribution in [0, 0.1) is 0 Å². The first-order chi connectivity index (χ1) is 11.0. The second kappa shape index (κ2) is 5.96. The highest BCUT2D eigenvalue weighted by molar-refractivity contribution is 7.12. The lowest BCUT2D eigenvalue weighted by molar-refractivity contribution is -0.151. The number of carboxylic acids is 1. The van der Waals surface area contributed by atoms with Crippen molar-refractivity contribution in [2.45, 2.75) is 32.4 Å². The van der Waals surface area contributed by atoms with Gasteiger partial charge in [-0.15, -0.1) is 11.3 Å². The highest BCUT2D eigenvalue weighted by Crippen LogP contribution is 2.23. The number of aromatic nitrogens is 2. The molecule has 0 bridgehead atoms. The predicted molar refractivity (Wildman–Crippen MR) is 82.3 cm³/mol. The van der Waals surface area contributed by atoms with Gasteiger partial charge in [-0.2, -0.15) is 0 Å². The van der Waals surface area contributed by atoms with Gasteiger partial charge in [-0.05, 0) is 23.9 Å². The maximum Gasteiger partial charge on any atom is 0.326 e. The van der Waals surface area contributed by atoms with Crippen LogP contribution in [0.2, 0.25) is 0 Å². The van der Waals surface area contributed by atoms with Crippen molar-refractivity contribution in [3.05, 3.63) is 39.6 Å². The lowest BCUT2D eigenvalue weighted by atomic mass is 10.0. The number of imidazole rings is 1. The first-order valence-corrected chi connectivity index (χ1v) is 7.95. The third-order valence-electron chi connectivity index (χ3n) is 3.86. The number of Topliss-reactive ketones (excluding diaryl/α,β-unsaturated/α-hetero) is 1. The third-order valence-corrected chi connectivity index (χ3v) is 4.94. The molecule has 1 atom stereocenters. The summed E-state index contributed by atoms with van der Waals surface area (Å²) in [6, 6.07) is 0.774. The SMILES string of the molecule is CC(=O)c1cc(CC(=O)N2Cc3[nH]cnc3C[C@H]2C(=O)O)cs1. The van der Waals surface area contributed by atoms with E-state index in [1.54, 1.807) is 11.4 Å². The summed E-state index contributed by atoms with van der Waals surface area (Å²) >= 11 is 1.29. The molecule has 23 heavy (non-hydrogen) atoms. The van der Waals surface area contributed by atoms with Crippen LogP contribution >= 0.6 is 11.3 Å². The molecule has 2 N–H and O–H groups in total. The second-order valence-corrected chi connectivity index (χ2v) is 6.37. The zero-order valence-electron chi connectivity index (χ0n) is 12.4. The number of rotatable bonds is 4. The maximum absolute atomic E-state index is 12.5. The van der Waals surface area contributed by atoms with E-state index in [4.69, 9.17) is 0 Å². The third kappa shape index (κ3) is 3.02. The monoisotopic (exact) mass is 333 g/mol. The molecule has 0 spiro atoms. The van der Waals surface area contributed by atoms with Gasteiger partial charge in [0.2, 0.25) is 5.91 Å². The van der Waals surface area contributed by atoms with E-state index in [1.165, 1.54) is 29.5 Å². The molecule has 1 aliphatic rings. The number of hydrogen-bond donors (Lipinski definition) is 2. The number of nitrogens with zero attached hydrogens (tertiary/aromatic N) is 2. The smallest absolute Gasteiger partial charge is 0.326 e. The van der Waals surface area contributed by atoms with E-state index in [9.17, 15) is 19.5 Å².